The first-order chi connectivity index (χ1) is 6.76. The molecule has 1 unspecified atom stereocenters. The smallest absolute Gasteiger partial charge is 0.163 e. The monoisotopic (exact) mass is 210 g/mol. The lowest BCUT2D eigenvalue weighted by molar-refractivity contribution is 0.0990. The summed E-state index contributed by atoms with van der Waals surface area (Å²) in [6, 6.07) is 5.55. The number of fused-ring (bicyclic) bond motifs is 1. The fourth-order valence-corrected chi connectivity index (χ4v) is 2.12. The highest BCUT2D eigenvalue weighted by Gasteiger charge is 2.28. The number of methoxy groups -OCH3 is 1. The number of hydrogen-bond donors (Lipinski definition) is 0. The molecule has 0 aromatic heterocycles. The van der Waals surface area contributed by atoms with E-state index in [0.29, 0.717) is 12.3 Å². The number of rotatable bonds is 2. The van der Waals surface area contributed by atoms with Gasteiger partial charge in [-0.1, -0.05) is 0 Å². The minimum absolute atomic E-state index is 0.161. The summed E-state index contributed by atoms with van der Waals surface area (Å²) in [6.45, 7) is 0. The topological polar surface area (TPSA) is 26.3 Å². The minimum atomic E-state index is 0.161. The zero-order chi connectivity index (χ0) is 10.1. The normalized spacial score (nSPS) is 19.6. The van der Waals surface area contributed by atoms with Crippen LogP contribution in [-0.2, 0) is 0 Å². The number of carbonyl (C=O) groups excluding carboxylic acids is 1. The molecule has 0 spiro atoms. The maximum Gasteiger partial charge on any atom is 0.163 e. The van der Waals surface area contributed by atoms with Crippen LogP contribution >= 0.6 is 11.6 Å². The Morgan fingerprint density at radius 3 is 3.00 bits per heavy atom. The molecule has 0 saturated carbocycles. The van der Waals surface area contributed by atoms with Gasteiger partial charge in [0, 0.05) is 23.8 Å². The summed E-state index contributed by atoms with van der Waals surface area (Å²) < 4.78 is 5.11. The van der Waals surface area contributed by atoms with Gasteiger partial charge in [-0.2, -0.15) is 0 Å². The Labute approximate surface area is 87.8 Å². The van der Waals surface area contributed by atoms with E-state index in [4.69, 9.17) is 16.3 Å². The largest absolute Gasteiger partial charge is 0.497 e. The maximum absolute atomic E-state index is 11.5. The Hall–Kier alpha value is -1.02. The molecule has 0 amide bonds. The molecule has 1 aromatic rings. The van der Waals surface area contributed by atoms with Gasteiger partial charge >= 0.3 is 0 Å². The molecule has 0 N–H and O–H groups in total. The van der Waals surface area contributed by atoms with Gasteiger partial charge in [-0.15, -0.1) is 11.6 Å². The Bertz CT molecular complexity index is 374. The predicted octanol–water partition coefficient (Wildman–Crippen LogP) is 2.60. The second-order valence-corrected chi connectivity index (χ2v) is 3.74. The predicted molar refractivity (Wildman–Crippen MR) is 55.4 cm³/mol. The number of alkyl halides is 1. The molecule has 1 aromatic carbocycles. The lowest BCUT2D eigenvalue weighted by Gasteiger charge is -2.07. The summed E-state index contributed by atoms with van der Waals surface area (Å²) in [7, 11) is 1.62. The van der Waals surface area contributed by atoms with Crippen molar-refractivity contribution < 1.29 is 9.53 Å². The van der Waals surface area contributed by atoms with Gasteiger partial charge in [0.2, 0.25) is 0 Å². The van der Waals surface area contributed by atoms with Gasteiger partial charge < -0.3 is 4.74 Å². The molecule has 14 heavy (non-hydrogen) atoms. The summed E-state index contributed by atoms with van der Waals surface area (Å²) >= 11 is 5.80. The quantitative estimate of drug-likeness (QED) is 0.702. The third-order valence-electron chi connectivity index (χ3n) is 2.62. The van der Waals surface area contributed by atoms with E-state index < -0.39 is 0 Å². The fourth-order valence-electron chi connectivity index (χ4n) is 1.84. The Balaban J connectivity index is 2.47. The average molecular weight is 211 g/mol. The molecule has 0 radical (unpaired) electrons. The maximum atomic E-state index is 11.5. The van der Waals surface area contributed by atoms with Crippen LogP contribution in [0.2, 0.25) is 0 Å². The van der Waals surface area contributed by atoms with Crippen LogP contribution in [-0.4, -0.2) is 18.8 Å². The second kappa shape index (κ2) is 3.62. The second-order valence-electron chi connectivity index (χ2n) is 3.43. The first-order valence-electron chi connectivity index (χ1n) is 4.53. The van der Waals surface area contributed by atoms with Crippen molar-refractivity contribution in [2.24, 2.45) is 0 Å². The molecule has 0 heterocycles. The summed E-state index contributed by atoms with van der Waals surface area (Å²) in [5.74, 6) is 1.63. The molecule has 1 aliphatic carbocycles. The van der Waals surface area contributed by atoms with E-state index >= 15 is 0 Å². The highest BCUT2D eigenvalue weighted by atomic mass is 35.5. The van der Waals surface area contributed by atoms with Crippen molar-refractivity contribution in [3.63, 3.8) is 0 Å². The van der Waals surface area contributed by atoms with Crippen molar-refractivity contribution in [1.29, 1.82) is 0 Å². The molecule has 2 rings (SSSR count). The zero-order valence-corrected chi connectivity index (χ0v) is 8.67. The number of hydrogen-bond acceptors (Lipinski definition) is 2. The van der Waals surface area contributed by atoms with Crippen LogP contribution in [0.15, 0.2) is 18.2 Å². The SMILES string of the molecule is COc1ccc2c(c1)C(CCl)CC2=O. The Kier molecular flexibility index (Phi) is 2.46. The van der Waals surface area contributed by atoms with Crippen molar-refractivity contribution in [3.05, 3.63) is 29.3 Å². The summed E-state index contributed by atoms with van der Waals surface area (Å²) in [5, 5.41) is 0. The van der Waals surface area contributed by atoms with Crippen LogP contribution in [0.5, 0.6) is 5.75 Å². The van der Waals surface area contributed by atoms with E-state index in [2.05, 4.69) is 0 Å². The molecular weight excluding hydrogens is 200 g/mol. The van der Waals surface area contributed by atoms with E-state index in [-0.39, 0.29) is 11.7 Å². The molecule has 0 fully saturated rings. The third kappa shape index (κ3) is 1.40. The molecule has 2 nitrogen and oxygen atoms in total. The molecule has 74 valence electrons. The number of ketones is 1. The van der Waals surface area contributed by atoms with Crippen LogP contribution < -0.4 is 4.74 Å². The van der Waals surface area contributed by atoms with Gasteiger partial charge in [-0.05, 0) is 23.8 Å². The summed E-state index contributed by atoms with van der Waals surface area (Å²) in [4.78, 5) is 11.5. The lowest BCUT2D eigenvalue weighted by atomic mass is 10.0. The third-order valence-corrected chi connectivity index (χ3v) is 2.99. The highest BCUT2D eigenvalue weighted by molar-refractivity contribution is 6.19. The van der Waals surface area contributed by atoms with Gasteiger partial charge in [0.1, 0.15) is 5.75 Å². The fraction of sp³-hybridized carbons (Fsp3) is 0.364. The van der Waals surface area contributed by atoms with Crippen LogP contribution in [0.25, 0.3) is 0 Å². The summed E-state index contributed by atoms with van der Waals surface area (Å²) in [6.07, 6.45) is 0.534. The van der Waals surface area contributed by atoms with E-state index in [0.717, 1.165) is 16.9 Å². The van der Waals surface area contributed by atoms with Crippen molar-refractivity contribution in [3.8, 4) is 5.75 Å². The minimum Gasteiger partial charge on any atom is -0.497 e. The standard InChI is InChI=1S/C11H11ClO2/c1-14-8-2-3-9-10(5-8)7(6-12)4-11(9)13/h2-3,5,7H,4,6H2,1H3. The van der Waals surface area contributed by atoms with Crippen molar-refractivity contribution in [2.75, 3.05) is 13.0 Å². The number of halogens is 1. The first kappa shape index (κ1) is 9.53. The van der Waals surface area contributed by atoms with Crippen molar-refractivity contribution >= 4 is 17.4 Å². The highest BCUT2D eigenvalue weighted by Crippen LogP contribution is 2.35. The molecule has 0 bridgehead atoms. The van der Waals surface area contributed by atoms with E-state index in [9.17, 15) is 4.79 Å². The average Bonchev–Trinajstić information content (AvgIpc) is 2.55. The van der Waals surface area contributed by atoms with Gasteiger partial charge in [0.25, 0.3) is 0 Å². The number of Topliss-reactive ketones (excluding diaryl/α,β-unsaturated/α-hetero) is 1. The Morgan fingerprint density at radius 1 is 1.57 bits per heavy atom. The molecule has 0 saturated heterocycles. The molecule has 1 atom stereocenters. The van der Waals surface area contributed by atoms with Gasteiger partial charge in [-0.25, -0.2) is 0 Å². The number of benzene rings is 1. The zero-order valence-electron chi connectivity index (χ0n) is 7.92. The van der Waals surface area contributed by atoms with Crippen LogP contribution in [0.4, 0.5) is 0 Å². The molecule has 3 heteroatoms. The van der Waals surface area contributed by atoms with Gasteiger partial charge in [0.15, 0.2) is 5.78 Å². The van der Waals surface area contributed by atoms with Crippen molar-refractivity contribution in [1.82, 2.24) is 0 Å². The Morgan fingerprint density at radius 2 is 2.36 bits per heavy atom. The first-order valence-corrected chi connectivity index (χ1v) is 5.07. The van der Waals surface area contributed by atoms with Crippen LogP contribution in [0.3, 0.4) is 0 Å². The van der Waals surface area contributed by atoms with Crippen LogP contribution in [0.1, 0.15) is 28.3 Å². The van der Waals surface area contributed by atoms with E-state index in [1.807, 2.05) is 18.2 Å². The lowest BCUT2D eigenvalue weighted by Crippen LogP contribution is -1.95. The van der Waals surface area contributed by atoms with Gasteiger partial charge in [-0.3, -0.25) is 4.79 Å². The molecule has 0 aliphatic heterocycles. The molecule has 1 aliphatic rings. The van der Waals surface area contributed by atoms with E-state index in [1.165, 1.54) is 0 Å². The number of ether oxygens (including phenoxy) is 1. The van der Waals surface area contributed by atoms with Crippen LogP contribution in [0, 0.1) is 0 Å². The van der Waals surface area contributed by atoms with Crippen molar-refractivity contribution in [2.45, 2.75) is 12.3 Å². The van der Waals surface area contributed by atoms with E-state index in [1.54, 1.807) is 7.11 Å². The van der Waals surface area contributed by atoms with Gasteiger partial charge in [0.05, 0.1) is 7.11 Å². The molecular formula is C11H11ClO2. The number of carbonyl (C=O) groups is 1. The summed E-state index contributed by atoms with van der Waals surface area (Å²) in [5.41, 5.74) is 1.83.